The fourth-order valence-electron chi connectivity index (χ4n) is 15.2. The van der Waals surface area contributed by atoms with Crippen LogP contribution in [-0.2, 0) is 57.5 Å². The van der Waals surface area contributed by atoms with Crippen molar-refractivity contribution in [1.82, 2.24) is 59.6 Å². The number of piperidine rings is 1. The highest BCUT2D eigenvalue weighted by molar-refractivity contribution is 6.21. The van der Waals surface area contributed by atoms with Gasteiger partial charge >= 0.3 is 6.18 Å². The van der Waals surface area contributed by atoms with E-state index in [-0.39, 0.29) is 63.3 Å². The topological polar surface area (TPSA) is 261 Å². The molecule has 0 spiro atoms. The average molecular weight is 1430 g/mol. The van der Waals surface area contributed by atoms with Crippen LogP contribution in [0.3, 0.4) is 0 Å². The zero-order valence-electron chi connectivity index (χ0n) is 59.9. The summed E-state index contributed by atoms with van der Waals surface area (Å²) in [6.07, 6.45) is 3.23. The van der Waals surface area contributed by atoms with E-state index < -0.39 is 185 Å². The number of fused-ring (bicyclic) bond motifs is 1. The van der Waals surface area contributed by atoms with E-state index in [1.54, 1.807) is 11.8 Å². The first-order chi connectivity index (χ1) is 45.9. The number of carbonyl (C=O) groups excluding carboxylic acids is 12. The number of hydrogen-bond donors (Lipinski definition) is 2. The summed E-state index contributed by atoms with van der Waals surface area (Å²) in [4.78, 5) is 191. The Morgan fingerprint density at radius 3 is 1.73 bits per heavy atom. The van der Waals surface area contributed by atoms with Crippen LogP contribution in [0.2, 0.25) is 0 Å². The Kier molecular flexibility index (Phi) is 27.2. The smallest absolute Gasteiger partial charge is 0.343 e. The lowest BCUT2D eigenvalue weighted by Crippen LogP contribution is -2.65. The second-order valence-electron chi connectivity index (χ2n) is 29.8. The van der Waals surface area contributed by atoms with Crippen LogP contribution in [-0.4, -0.2) is 279 Å². The van der Waals surface area contributed by atoms with Gasteiger partial charge in [-0.15, -0.1) is 23.2 Å². The lowest BCUT2D eigenvalue weighted by molar-refractivity contribution is -0.182. The molecule has 0 bridgehead atoms. The van der Waals surface area contributed by atoms with Gasteiger partial charge in [0.1, 0.15) is 60.4 Å². The average Bonchev–Trinajstić information content (AvgIpc) is 0.770. The van der Waals surface area contributed by atoms with Crippen LogP contribution >= 0.6 is 23.2 Å². The highest BCUT2D eigenvalue weighted by Gasteiger charge is 2.52. The van der Waals surface area contributed by atoms with E-state index >= 15 is 19.2 Å². The Balaban J connectivity index is 1.27. The van der Waals surface area contributed by atoms with Gasteiger partial charge in [-0.2, -0.15) is 13.2 Å². The van der Waals surface area contributed by atoms with Gasteiger partial charge in [-0.1, -0.05) is 33.1 Å². The van der Waals surface area contributed by atoms with Crippen LogP contribution in [0.15, 0.2) is 0 Å². The Morgan fingerprint density at radius 1 is 0.592 bits per heavy atom. The minimum atomic E-state index is -4.52. The van der Waals surface area contributed by atoms with Crippen LogP contribution in [0.1, 0.15) is 176 Å². The van der Waals surface area contributed by atoms with Gasteiger partial charge in [0.2, 0.25) is 70.9 Å². The number of amides is 12. The summed E-state index contributed by atoms with van der Waals surface area (Å²) in [7, 11) is 9.93. The van der Waals surface area contributed by atoms with E-state index in [2.05, 4.69) is 10.6 Å². The predicted molar refractivity (Wildman–Crippen MR) is 361 cm³/mol. The minimum Gasteiger partial charge on any atom is -0.343 e. The predicted octanol–water partition coefficient (Wildman–Crippen LogP) is 5.23. The van der Waals surface area contributed by atoms with Crippen molar-refractivity contribution >= 4 is 94.1 Å². The van der Waals surface area contributed by atoms with Crippen molar-refractivity contribution in [2.75, 3.05) is 82.1 Å². The summed E-state index contributed by atoms with van der Waals surface area (Å²) in [5.74, 6) is -11.0. The molecular formula is C69H109Cl2F3N12O12. The molecule has 29 heteroatoms. The molecule has 7 rings (SSSR count). The van der Waals surface area contributed by atoms with E-state index in [1.807, 2.05) is 6.92 Å². The highest BCUT2D eigenvalue weighted by atomic mass is 35.5. The monoisotopic (exact) mass is 1420 g/mol. The molecule has 0 aromatic heterocycles. The zero-order valence-corrected chi connectivity index (χ0v) is 61.4. The molecule has 3 heterocycles. The Bertz CT molecular complexity index is 2930. The second-order valence-corrected chi connectivity index (χ2v) is 31.0. The number of hydrogen-bond acceptors (Lipinski definition) is 12. The largest absolute Gasteiger partial charge is 0.393 e. The standard InChI is InChI=1S/C69H109Cl2F3N12O12/c1-14-40(2)56-64(95)79(9)42(4)60(91)85-34-31-51(85)62(93)81(11)57(44-21-18-22-44)65(96)77(7)38-53(87)75-50(30-28-43-27-29-48(49(71)35-43)69(72,73)74)61(92)86(47-26-20-25-46(70)36-47)39-55(89)83(13)68(5,6)67(98)82(12)58(45-23-19-24-45)66(97)80(10)52(63(94)84-32-16-15-17-33-84)37-54(88)78(8)41(3)59(90)76-56/h40-52,56-58H,14-39H2,1-13H3,(H,75,87)(H,76,90)/t40-,41-,42-,43?,46?,47?,48?,49?,50-,51-,52-,56-,57-,58-/m0/s1. The number of nitrogens with zero attached hydrogens (tertiary/aromatic N) is 10. The van der Waals surface area contributed by atoms with E-state index in [9.17, 15) is 51.5 Å². The zero-order chi connectivity index (χ0) is 72.7. The summed E-state index contributed by atoms with van der Waals surface area (Å²) in [5.41, 5.74) is -1.73. The number of carbonyl (C=O) groups is 12. The van der Waals surface area contributed by atoms with Crippen LogP contribution in [0.25, 0.3) is 0 Å². The van der Waals surface area contributed by atoms with Gasteiger partial charge in [0.15, 0.2) is 0 Å². The summed E-state index contributed by atoms with van der Waals surface area (Å²) in [6, 6.07) is -10.3. The van der Waals surface area contributed by atoms with Crippen molar-refractivity contribution in [3.8, 4) is 0 Å². The summed E-state index contributed by atoms with van der Waals surface area (Å²) in [6.45, 7) is 9.23. The fraction of sp³-hybridized carbons (Fsp3) is 0.826. The van der Waals surface area contributed by atoms with Crippen molar-refractivity contribution in [1.29, 1.82) is 0 Å². The number of rotatable bonds is 9. The molecule has 5 unspecified atom stereocenters. The molecule has 4 saturated carbocycles. The molecule has 7 fully saturated rings. The normalized spacial score (nSPS) is 32.5. The van der Waals surface area contributed by atoms with Crippen molar-refractivity contribution < 1.29 is 70.7 Å². The van der Waals surface area contributed by atoms with Crippen molar-refractivity contribution in [2.24, 2.45) is 29.6 Å². The maximum absolute atomic E-state index is 15.6. The van der Waals surface area contributed by atoms with Gasteiger partial charge in [0.05, 0.1) is 18.9 Å². The van der Waals surface area contributed by atoms with E-state index in [1.165, 1.54) is 111 Å². The number of likely N-dealkylation sites (N-methyl/N-ethyl adjacent to an activating group) is 7. The molecule has 0 radical (unpaired) electrons. The third-order valence-electron chi connectivity index (χ3n) is 23.2. The molecule has 0 aromatic rings. The lowest BCUT2D eigenvalue weighted by Gasteiger charge is -2.46. The molecule has 3 saturated heterocycles. The van der Waals surface area contributed by atoms with Gasteiger partial charge in [0, 0.05) is 85.8 Å². The quantitative estimate of drug-likeness (QED) is 0.281. The van der Waals surface area contributed by atoms with Gasteiger partial charge in [0.25, 0.3) is 0 Å². The fourth-order valence-corrected chi connectivity index (χ4v) is 16.1. The van der Waals surface area contributed by atoms with Crippen LogP contribution < -0.4 is 10.6 Å². The SMILES string of the molecule is CC[C@H](C)[C@@H]1NC(=O)[C@H](C)N(C)C(=O)C[C@@H](C(=O)N2CCCCC2)N(C)C(=O)[C@H](C2CCC2)N(C)C(=O)C(C)(C)N(C)C(=O)CN(C2CCCC(Cl)C2)C(=O)[C@H](CCC2CCC(C(F)(F)F)C(Cl)C2)NC(=O)CN(C)C(=O)[C@H](C2CCC2)N(C)C(=O)[C@@H]2CCN2C(=O)[C@H](C)N(C)C1=O. The van der Waals surface area contributed by atoms with E-state index in [0.29, 0.717) is 77.3 Å². The molecule has 12 amide bonds. The Morgan fingerprint density at radius 2 is 1.19 bits per heavy atom. The number of nitrogens with one attached hydrogen (secondary N) is 2. The number of halogens is 5. The minimum absolute atomic E-state index is 0.0205. The van der Waals surface area contributed by atoms with Crippen molar-refractivity contribution in [2.45, 2.75) is 253 Å². The third-order valence-corrected chi connectivity index (χ3v) is 24.1. The van der Waals surface area contributed by atoms with E-state index in [0.717, 1.165) is 29.1 Å². The molecule has 14 atom stereocenters. The molecule has 7 aliphatic rings. The van der Waals surface area contributed by atoms with Gasteiger partial charge in [-0.05, 0) is 161 Å². The van der Waals surface area contributed by atoms with Gasteiger partial charge in [-0.3, -0.25) is 57.5 Å². The first-order valence-corrected chi connectivity index (χ1v) is 36.5. The molecule has 2 N–H and O–H groups in total. The first kappa shape index (κ1) is 79.3. The van der Waals surface area contributed by atoms with E-state index in [4.69, 9.17) is 23.2 Å². The Labute approximate surface area is 586 Å². The molecule has 0 aromatic carbocycles. The molecule has 3 aliphatic heterocycles. The highest BCUT2D eigenvalue weighted by Crippen LogP contribution is 2.44. The third kappa shape index (κ3) is 18.0. The summed E-state index contributed by atoms with van der Waals surface area (Å²) >= 11 is 13.2. The van der Waals surface area contributed by atoms with Crippen LogP contribution in [0, 0.1) is 29.6 Å². The summed E-state index contributed by atoms with van der Waals surface area (Å²) in [5, 5.41) is 4.01. The first-order valence-electron chi connectivity index (χ1n) is 35.6. The molecule has 24 nitrogen and oxygen atoms in total. The van der Waals surface area contributed by atoms with Crippen LogP contribution in [0.4, 0.5) is 13.2 Å². The van der Waals surface area contributed by atoms with Gasteiger partial charge in [-0.25, -0.2) is 0 Å². The maximum atomic E-state index is 15.6. The van der Waals surface area contributed by atoms with Gasteiger partial charge < -0.3 is 59.6 Å². The number of alkyl halides is 5. The van der Waals surface area contributed by atoms with Crippen molar-refractivity contribution in [3.05, 3.63) is 0 Å². The molecule has 4 aliphatic carbocycles. The summed E-state index contributed by atoms with van der Waals surface area (Å²) < 4.78 is 42.1. The van der Waals surface area contributed by atoms with Crippen LogP contribution in [0.5, 0.6) is 0 Å². The maximum Gasteiger partial charge on any atom is 0.393 e. The van der Waals surface area contributed by atoms with Crippen molar-refractivity contribution in [3.63, 3.8) is 0 Å². The molecule has 552 valence electrons. The molecule has 98 heavy (non-hydrogen) atoms. The number of likely N-dealkylation sites (tertiary alicyclic amines) is 1. The Hall–Kier alpha value is -5.99. The molecular weight excluding hydrogens is 1320 g/mol. The lowest BCUT2D eigenvalue weighted by atomic mass is 9.78. The second kappa shape index (κ2) is 33.7.